The molecule has 2 atom stereocenters. The molecule has 5 rings (SSSR count). The molecule has 0 unspecified atom stereocenters. The number of nitrogens with one attached hydrogen (secondary N) is 2. The number of rotatable bonds is 7. The Morgan fingerprint density at radius 3 is 2.49 bits per heavy atom. The highest BCUT2D eigenvalue weighted by molar-refractivity contribution is 5.94. The number of carbonyl (C=O) groups excluding carboxylic acids is 1. The molecule has 0 spiro atoms. The van der Waals surface area contributed by atoms with Crippen LogP contribution in [-0.4, -0.2) is 53.5 Å². The Kier molecular flexibility index (Phi) is 6.45. The molecule has 4 aromatic rings. The lowest BCUT2D eigenvalue weighted by Gasteiger charge is -2.09. The monoisotopic (exact) mass is 477 g/mol. The summed E-state index contributed by atoms with van der Waals surface area (Å²) in [6, 6.07) is 17.6. The number of halogens is 1. The smallest absolute Gasteiger partial charge is 0.274 e. The van der Waals surface area contributed by atoms with E-state index in [9.17, 15) is 14.3 Å². The van der Waals surface area contributed by atoms with Crippen LogP contribution in [0.5, 0.6) is 5.88 Å². The fourth-order valence-corrected chi connectivity index (χ4v) is 4.12. The molecule has 3 heterocycles. The molecule has 1 amide bonds. The number of hydroxylamine groups is 1. The molecule has 0 bridgehead atoms. The van der Waals surface area contributed by atoms with E-state index < -0.39 is 5.82 Å². The molecule has 1 fully saturated rings. The maximum absolute atomic E-state index is 14.9. The normalized spacial score (nSPS) is 17.6. The molecule has 8 nitrogen and oxygen atoms in total. The van der Waals surface area contributed by atoms with Gasteiger partial charge in [0.15, 0.2) is 11.7 Å². The van der Waals surface area contributed by atoms with Crippen LogP contribution in [0.25, 0.3) is 33.4 Å². The first-order chi connectivity index (χ1) is 17.0. The lowest BCUT2D eigenvalue weighted by Crippen LogP contribution is -2.21. The van der Waals surface area contributed by atoms with Crippen LogP contribution >= 0.6 is 0 Å². The number of aliphatic hydroxyl groups excluding tert-OH is 1. The van der Waals surface area contributed by atoms with E-state index in [4.69, 9.17) is 9.47 Å². The van der Waals surface area contributed by atoms with Crippen LogP contribution in [-0.2, 0) is 9.57 Å². The Bertz CT molecular complexity index is 1340. The van der Waals surface area contributed by atoms with E-state index in [0.29, 0.717) is 41.1 Å². The van der Waals surface area contributed by atoms with Crippen LogP contribution in [0.15, 0.2) is 60.7 Å². The molecule has 9 heteroatoms. The Morgan fingerprint density at radius 1 is 1.14 bits per heavy atom. The molecule has 3 N–H and O–H groups in total. The number of pyridine rings is 1. The predicted octanol–water partition coefficient (Wildman–Crippen LogP) is 3.86. The number of carbonyl (C=O) groups is 1. The summed E-state index contributed by atoms with van der Waals surface area (Å²) in [4.78, 5) is 24.0. The summed E-state index contributed by atoms with van der Waals surface area (Å²) >= 11 is 0. The maximum atomic E-state index is 14.9. The highest BCUT2D eigenvalue weighted by atomic mass is 19.1. The van der Waals surface area contributed by atoms with E-state index >= 15 is 0 Å². The Hall–Kier alpha value is -3.79. The summed E-state index contributed by atoms with van der Waals surface area (Å²) in [7, 11) is 1.38. The Morgan fingerprint density at radius 2 is 1.83 bits per heavy atom. The number of fused-ring (bicyclic) bond motifs is 1. The van der Waals surface area contributed by atoms with Gasteiger partial charge in [0.2, 0.25) is 0 Å². The van der Waals surface area contributed by atoms with Crippen LogP contribution in [0, 0.1) is 5.82 Å². The van der Waals surface area contributed by atoms with Gasteiger partial charge in [0.1, 0.15) is 11.8 Å². The third kappa shape index (κ3) is 4.88. The van der Waals surface area contributed by atoms with Gasteiger partial charge in [-0.1, -0.05) is 36.4 Å². The molecule has 0 saturated carbocycles. The lowest BCUT2D eigenvalue weighted by atomic mass is 10.0. The van der Waals surface area contributed by atoms with Crippen molar-refractivity contribution < 1.29 is 28.6 Å². The summed E-state index contributed by atoms with van der Waals surface area (Å²) in [5.41, 5.74) is 6.61. The Balaban J connectivity index is 1.34. The van der Waals surface area contributed by atoms with Crippen molar-refractivity contribution in [2.75, 3.05) is 20.3 Å². The Labute approximate surface area is 200 Å². The van der Waals surface area contributed by atoms with Crippen molar-refractivity contribution in [2.24, 2.45) is 0 Å². The molecule has 0 aliphatic carbocycles. The number of aromatic amines is 1. The number of hydrogen-bond acceptors (Lipinski definition) is 6. The van der Waals surface area contributed by atoms with E-state index in [1.807, 2.05) is 36.4 Å². The fourth-order valence-electron chi connectivity index (χ4n) is 4.12. The van der Waals surface area contributed by atoms with Crippen molar-refractivity contribution in [2.45, 2.75) is 18.6 Å². The first-order valence-corrected chi connectivity index (χ1v) is 11.2. The van der Waals surface area contributed by atoms with Gasteiger partial charge in [-0.15, -0.1) is 0 Å². The van der Waals surface area contributed by atoms with Gasteiger partial charge in [-0.25, -0.2) is 14.9 Å². The third-order valence-corrected chi connectivity index (χ3v) is 5.91. The molecule has 2 aromatic heterocycles. The van der Waals surface area contributed by atoms with Gasteiger partial charge in [-0.05, 0) is 23.3 Å². The zero-order valence-corrected chi connectivity index (χ0v) is 19.0. The average Bonchev–Trinajstić information content (AvgIpc) is 3.50. The van der Waals surface area contributed by atoms with Gasteiger partial charge in [-0.3, -0.25) is 9.63 Å². The van der Waals surface area contributed by atoms with E-state index in [0.717, 1.165) is 11.1 Å². The summed E-state index contributed by atoms with van der Waals surface area (Å²) < 4.78 is 26.2. The molecular formula is C26H24FN3O5. The third-order valence-electron chi connectivity index (χ3n) is 5.91. The quantitative estimate of drug-likeness (QED) is 0.349. The molecule has 35 heavy (non-hydrogen) atoms. The molecule has 180 valence electrons. The first kappa shape index (κ1) is 23.0. The van der Waals surface area contributed by atoms with E-state index in [-0.39, 0.29) is 30.4 Å². The van der Waals surface area contributed by atoms with Crippen molar-refractivity contribution >= 4 is 16.9 Å². The SMILES string of the molecule is CONC(=O)c1ccc(-c2ccc(-c3nc4cc(O[C@@H]5CO[C@H](CO)C5)[nH]c4cc3F)cc2)cc1. The van der Waals surface area contributed by atoms with E-state index in [1.54, 1.807) is 18.2 Å². The van der Waals surface area contributed by atoms with Gasteiger partial charge in [0.25, 0.3) is 5.91 Å². The molecule has 1 aliphatic heterocycles. The summed E-state index contributed by atoms with van der Waals surface area (Å²) in [5.74, 6) is -0.290. The van der Waals surface area contributed by atoms with Crippen LogP contribution in [0.4, 0.5) is 4.39 Å². The zero-order chi connectivity index (χ0) is 24.4. The average molecular weight is 477 g/mol. The van der Waals surface area contributed by atoms with Gasteiger partial charge in [0, 0.05) is 29.7 Å². The first-order valence-electron chi connectivity index (χ1n) is 11.2. The van der Waals surface area contributed by atoms with Crippen molar-refractivity contribution in [3.63, 3.8) is 0 Å². The topological polar surface area (TPSA) is 106 Å². The van der Waals surface area contributed by atoms with Crippen LogP contribution in [0.2, 0.25) is 0 Å². The summed E-state index contributed by atoms with van der Waals surface area (Å²) in [5, 5.41) is 9.21. The predicted molar refractivity (Wildman–Crippen MR) is 127 cm³/mol. The van der Waals surface area contributed by atoms with Crippen molar-refractivity contribution in [1.82, 2.24) is 15.4 Å². The fraction of sp³-hybridized carbons (Fsp3) is 0.231. The summed E-state index contributed by atoms with van der Waals surface area (Å²) in [6.07, 6.45) is 0.192. The van der Waals surface area contributed by atoms with Gasteiger partial charge < -0.3 is 19.6 Å². The molecule has 2 aromatic carbocycles. The van der Waals surface area contributed by atoms with E-state index in [1.165, 1.54) is 13.2 Å². The van der Waals surface area contributed by atoms with Crippen molar-refractivity contribution in [3.8, 4) is 28.3 Å². The largest absolute Gasteiger partial charge is 0.473 e. The van der Waals surface area contributed by atoms with Crippen LogP contribution in [0.1, 0.15) is 16.8 Å². The minimum atomic E-state index is -0.447. The number of nitrogens with zero attached hydrogens (tertiary/aromatic N) is 1. The van der Waals surface area contributed by atoms with Crippen LogP contribution < -0.4 is 10.2 Å². The molecule has 1 aliphatic rings. The second kappa shape index (κ2) is 9.83. The lowest BCUT2D eigenvalue weighted by molar-refractivity contribution is 0.0531. The van der Waals surface area contributed by atoms with Crippen LogP contribution in [0.3, 0.4) is 0 Å². The minimum Gasteiger partial charge on any atom is -0.473 e. The molecule has 0 radical (unpaired) electrons. The number of aliphatic hydroxyl groups is 1. The van der Waals surface area contributed by atoms with Crippen molar-refractivity contribution in [3.05, 3.63) is 72.0 Å². The number of amides is 1. The van der Waals surface area contributed by atoms with Gasteiger partial charge in [0.05, 0.1) is 37.5 Å². The molecular weight excluding hydrogens is 453 g/mol. The highest BCUT2D eigenvalue weighted by Gasteiger charge is 2.27. The number of H-pyrrole nitrogens is 1. The minimum absolute atomic E-state index is 0.0433. The number of benzene rings is 2. The van der Waals surface area contributed by atoms with Gasteiger partial charge in [-0.2, -0.15) is 0 Å². The standard InChI is InChI=1S/C26H24FN3O5/c1-33-30-26(32)18-8-4-16(5-9-18)15-2-6-17(7-3-15)25-21(27)11-22-23(29-25)12-24(28-22)35-20-10-19(13-31)34-14-20/h2-9,11-12,19-20,28,31H,10,13-14H2,1H3,(H,30,32)/t19-,20-/m0/s1. The van der Waals surface area contributed by atoms with Gasteiger partial charge >= 0.3 is 0 Å². The highest BCUT2D eigenvalue weighted by Crippen LogP contribution is 2.30. The second-order valence-corrected chi connectivity index (χ2v) is 8.29. The second-order valence-electron chi connectivity index (χ2n) is 8.29. The maximum Gasteiger partial charge on any atom is 0.274 e. The summed E-state index contributed by atoms with van der Waals surface area (Å²) in [6.45, 7) is 0.349. The number of hydrogen-bond donors (Lipinski definition) is 3. The van der Waals surface area contributed by atoms with E-state index in [2.05, 4.69) is 20.3 Å². The zero-order valence-electron chi connectivity index (χ0n) is 19.0. The molecule has 1 saturated heterocycles. The number of ether oxygens (including phenoxy) is 2. The number of aromatic nitrogens is 2. The van der Waals surface area contributed by atoms with Crippen molar-refractivity contribution in [1.29, 1.82) is 0 Å².